The van der Waals surface area contributed by atoms with Gasteiger partial charge in [0.25, 0.3) is 0 Å². The van der Waals surface area contributed by atoms with Crippen molar-refractivity contribution in [3.63, 3.8) is 0 Å². The molecule has 1 fully saturated rings. The van der Waals surface area contributed by atoms with Gasteiger partial charge >= 0.3 is 0 Å². The summed E-state index contributed by atoms with van der Waals surface area (Å²) in [5, 5.41) is 30.8. The van der Waals surface area contributed by atoms with Crippen molar-refractivity contribution in [2.45, 2.75) is 30.7 Å². The summed E-state index contributed by atoms with van der Waals surface area (Å²) in [5.41, 5.74) is 0.856. The number of para-hydroxylation sites is 1. The van der Waals surface area contributed by atoms with E-state index in [9.17, 15) is 15.3 Å². The Morgan fingerprint density at radius 1 is 1.18 bits per heavy atom. The molecule has 4 N–H and O–H groups in total. The average Bonchev–Trinajstić information content (AvgIpc) is 2.92. The van der Waals surface area contributed by atoms with E-state index in [2.05, 4.69) is 9.27 Å². The van der Waals surface area contributed by atoms with Crippen molar-refractivity contribution in [1.29, 1.82) is 0 Å². The van der Waals surface area contributed by atoms with Gasteiger partial charge in [0, 0.05) is 17.0 Å². The van der Waals surface area contributed by atoms with E-state index in [-0.39, 0.29) is 6.61 Å². The van der Waals surface area contributed by atoms with Crippen LogP contribution in [0.25, 0.3) is 10.9 Å². The van der Waals surface area contributed by atoms with E-state index >= 15 is 0 Å². The summed E-state index contributed by atoms with van der Waals surface area (Å²) in [7, 11) is 0. The van der Waals surface area contributed by atoms with Crippen LogP contribution in [0.5, 0.6) is 5.88 Å². The summed E-state index contributed by atoms with van der Waals surface area (Å²) in [5.74, 6) is 0.365. The molecule has 0 amide bonds. The quantitative estimate of drug-likeness (QED) is 0.652. The predicted octanol–water partition coefficient (Wildman–Crippen LogP) is 0.525. The number of hydrogen-bond acceptors (Lipinski definition) is 6. The normalized spacial score (nSPS) is 32.3. The zero-order chi connectivity index (χ0) is 15.7. The standard InChI is InChI=1S/C14H16ClNO6/c15-20-6-9-11(17)13(12(18)14(19)21-9)22-10-5-7-3-1-2-4-8(7)16-10/h1-5,9,11-14,16-19H,6H2/t9-,11+,12-,13+,14-/m1/s1. The minimum atomic E-state index is -1.51. The van der Waals surface area contributed by atoms with E-state index < -0.39 is 30.7 Å². The van der Waals surface area contributed by atoms with E-state index in [1.165, 1.54) is 0 Å². The van der Waals surface area contributed by atoms with Crippen LogP contribution >= 0.6 is 11.9 Å². The lowest BCUT2D eigenvalue weighted by molar-refractivity contribution is -0.280. The molecule has 0 spiro atoms. The highest BCUT2D eigenvalue weighted by atomic mass is 35.5. The summed E-state index contributed by atoms with van der Waals surface area (Å²) < 4.78 is 15.1. The van der Waals surface area contributed by atoms with E-state index in [1.54, 1.807) is 6.07 Å². The van der Waals surface area contributed by atoms with E-state index in [4.69, 9.17) is 21.3 Å². The van der Waals surface area contributed by atoms with Gasteiger partial charge in [0.2, 0.25) is 0 Å². The second-order valence-electron chi connectivity index (χ2n) is 5.13. The number of aromatic amines is 1. The van der Waals surface area contributed by atoms with Crippen LogP contribution < -0.4 is 4.74 Å². The molecule has 3 rings (SSSR count). The van der Waals surface area contributed by atoms with Crippen LogP contribution in [-0.4, -0.2) is 57.6 Å². The zero-order valence-electron chi connectivity index (χ0n) is 11.4. The number of hydrogen-bond donors (Lipinski definition) is 4. The van der Waals surface area contributed by atoms with Crippen LogP contribution in [0.2, 0.25) is 0 Å². The Morgan fingerprint density at radius 3 is 2.68 bits per heavy atom. The third-order valence-electron chi connectivity index (χ3n) is 3.66. The molecule has 1 aliphatic heterocycles. The van der Waals surface area contributed by atoms with Gasteiger partial charge in [-0.1, -0.05) is 18.2 Å². The zero-order valence-corrected chi connectivity index (χ0v) is 12.2. The minimum Gasteiger partial charge on any atom is -0.470 e. The number of ether oxygens (including phenoxy) is 2. The summed E-state index contributed by atoms with van der Waals surface area (Å²) >= 11 is 5.16. The van der Waals surface area contributed by atoms with Crippen LogP contribution in [0.15, 0.2) is 30.3 Å². The van der Waals surface area contributed by atoms with Gasteiger partial charge in [-0.15, -0.1) is 0 Å². The number of aliphatic hydroxyl groups is 3. The largest absolute Gasteiger partial charge is 0.470 e. The van der Waals surface area contributed by atoms with Crippen molar-refractivity contribution in [3.8, 4) is 5.88 Å². The monoisotopic (exact) mass is 329 g/mol. The maximum Gasteiger partial charge on any atom is 0.192 e. The van der Waals surface area contributed by atoms with Gasteiger partial charge in [-0.05, 0) is 6.07 Å². The van der Waals surface area contributed by atoms with Crippen molar-refractivity contribution >= 4 is 22.8 Å². The maximum atomic E-state index is 10.2. The van der Waals surface area contributed by atoms with E-state index in [0.717, 1.165) is 10.9 Å². The molecule has 1 aromatic heterocycles. The fourth-order valence-corrected chi connectivity index (χ4v) is 2.64. The SMILES string of the molecule is O[C@@H]1[C@@H](Oc2cc3ccccc3[nH]2)[C@@H](O)[C@@H](COCl)O[C@H]1O. The molecule has 22 heavy (non-hydrogen) atoms. The number of rotatable bonds is 4. The van der Waals surface area contributed by atoms with Crippen LogP contribution in [0.1, 0.15) is 0 Å². The summed E-state index contributed by atoms with van der Waals surface area (Å²) in [6.45, 7) is -0.154. The Morgan fingerprint density at radius 2 is 1.95 bits per heavy atom. The number of benzene rings is 1. The molecule has 1 aromatic carbocycles. The number of halogens is 1. The molecule has 8 heteroatoms. The smallest absolute Gasteiger partial charge is 0.192 e. The van der Waals surface area contributed by atoms with Crippen molar-refractivity contribution < 1.29 is 29.1 Å². The third kappa shape index (κ3) is 2.91. The van der Waals surface area contributed by atoms with Crippen molar-refractivity contribution in [2.75, 3.05) is 6.61 Å². The van der Waals surface area contributed by atoms with Gasteiger partial charge in [0.05, 0.1) is 18.5 Å². The van der Waals surface area contributed by atoms with Gasteiger partial charge in [0.15, 0.2) is 18.3 Å². The van der Waals surface area contributed by atoms with Gasteiger partial charge in [-0.25, -0.2) is 0 Å². The first kappa shape index (κ1) is 15.5. The molecule has 1 saturated heterocycles. The Hall–Kier alpha value is -1.35. The van der Waals surface area contributed by atoms with Gasteiger partial charge in [-0.3, -0.25) is 4.29 Å². The van der Waals surface area contributed by atoms with Crippen LogP contribution in [0, 0.1) is 0 Å². The van der Waals surface area contributed by atoms with Crippen LogP contribution in [0.4, 0.5) is 0 Å². The molecule has 0 bridgehead atoms. The number of fused-ring (bicyclic) bond motifs is 1. The Bertz CT molecular complexity index is 602. The molecular formula is C14H16ClNO6. The predicted molar refractivity (Wildman–Crippen MR) is 77.4 cm³/mol. The lowest BCUT2D eigenvalue weighted by Gasteiger charge is -2.39. The van der Waals surface area contributed by atoms with Crippen LogP contribution in [0.3, 0.4) is 0 Å². The summed E-state index contributed by atoms with van der Waals surface area (Å²) in [6, 6.07) is 9.27. The average molecular weight is 330 g/mol. The number of aliphatic hydroxyl groups excluding tert-OH is 3. The number of H-pyrrole nitrogens is 1. The van der Waals surface area contributed by atoms with Crippen molar-refractivity contribution in [3.05, 3.63) is 30.3 Å². The molecule has 5 atom stereocenters. The fraction of sp³-hybridized carbons (Fsp3) is 0.429. The molecule has 120 valence electrons. The van der Waals surface area contributed by atoms with Gasteiger partial charge < -0.3 is 29.8 Å². The van der Waals surface area contributed by atoms with Crippen molar-refractivity contribution in [2.24, 2.45) is 0 Å². The fourth-order valence-electron chi connectivity index (χ4n) is 2.51. The molecule has 2 heterocycles. The van der Waals surface area contributed by atoms with E-state index in [1.807, 2.05) is 24.3 Å². The Kier molecular flexibility index (Phi) is 4.53. The van der Waals surface area contributed by atoms with Crippen LogP contribution in [-0.2, 0) is 9.03 Å². The number of nitrogens with one attached hydrogen (secondary N) is 1. The van der Waals surface area contributed by atoms with Gasteiger partial charge in [0.1, 0.15) is 18.3 Å². The van der Waals surface area contributed by atoms with E-state index in [0.29, 0.717) is 5.88 Å². The highest BCUT2D eigenvalue weighted by molar-refractivity contribution is 6.07. The minimum absolute atomic E-state index is 0.154. The first-order chi connectivity index (χ1) is 10.6. The Balaban J connectivity index is 1.81. The molecule has 0 aliphatic carbocycles. The maximum absolute atomic E-state index is 10.2. The molecule has 2 aromatic rings. The summed E-state index contributed by atoms with van der Waals surface area (Å²) in [4.78, 5) is 3.02. The third-order valence-corrected chi connectivity index (χ3v) is 3.78. The molecular weight excluding hydrogens is 314 g/mol. The topological polar surface area (TPSA) is 104 Å². The lowest BCUT2D eigenvalue weighted by atomic mass is 9.99. The molecule has 0 saturated carbocycles. The molecule has 1 aliphatic rings. The molecule has 7 nitrogen and oxygen atoms in total. The van der Waals surface area contributed by atoms with Crippen molar-refractivity contribution in [1.82, 2.24) is 4.98 Å². The lowest BCUT2D eigenvalue weighted by Crippen LogP contribution is -2.60. The second-order valence-corrected chi connectivity index (χ2v) is 5.34. The summed E-state index contributed by atoms with van der Waals surface area (Å²) in [6.07, 6.45) is -6.13. The molecule has 0 unspecified atom stereocenters. The first-order valence-electron chi connectivity index (χ1n) is 6.78. The first-order valence-corrected chi connectivity index (χ1v) is 7.08. The second kappa shape index (κ2) is 6.41. The highest BCUT2D eigenvalue weighted by Gasteiger charge is 2.45. The van der Waals surface area contributed by atoms with Gasteiger partial charge in [-0.2, -0.15) is 0 Å². The Labute approximate surface area is 131 Å². The highest BCUT2D eigenvalue weighted by Crippen LogP contribution is 2.27. The molecule has 0 radical (unpaired) electrons. The number of aromatic nitrogens is 1.